The fraction of sp³-hybridized carbons (Fsp3) is 0.556. The predicted molar refractivity (Wildman–Crippen MR) is 101 cm³/mol. The van der Waals surface area contributed by atoms with Crippen molar-refractivity contribution in [2.75, 3.05) is 11.9 Å². The van der Waals surface area contributed by atoms with Gasteiger partial charge < -0.3 is 35.7 Å². The molecule has 11 heteroatoms. The Bertz CT molecular complexity index is 939. The summed E-state index contributed by atoms with van der Waals surface area (Å²) < 4.78 is 6.90. The molecule has 156 valence electrons. The van der Waals surface area contributed by atoms with Crippen LogP contribution in [-0.4, -0.2) is 66.7 Å². The minimum atomic E-state index is -1.35. The molecule has 5 atom stereocenters. The first kappa shape index (κ1) is 21.1. The van der Waals surface area contributed by atoms with E-state index in [1.807, 2.05) is 19.9 Å². The summed E-state index contributed by atoms with van der Waals surface area (Å²) in [4.78, 5) is 20.6. The van der Waals surface area contributed by atoms with Gasteiger partial charge in [0, 0.05) is 6.20 Å². The summed E-state index contributed by atoms with van der Waals surface area (Å²) in [5.74, 6) is -0.103. The average molecular weight is 404 g/mol. The number of fused-ring (bicyclic) bond motifs is 1. The quantitative estimate of drug-likeness (QED) is 0.413. The Morgan fingerprint density at radius 2 is 2.14 bits per heavy atom. The lowest BCUT2D eigenvalue weighted by Gasteiger charge is -2.17. The Hall–Kier alpha value is -2.62. The number of nitriles is 1. The third-order valence-electron chi connectivity index (χ3n) is 4.82. The maximum atomic E-state index is 12.4. The first-order chi connectivity index (χ1) is 13.8. The van der Waals surface area contributed by atoms with E-state index in [0.29, 0.717) is 6.42 Å². The number of ether oxygens (including phenoxy) is 1. The van der Waals surface area contributed by atoms with Crippen molar-refractivity contribution in [2.24, 2.45) is 11.7 Å². The van der Waals surface area contributed by atoms with Gasteiger partial charge in [0.25, 0.3) is 0 Å². The molecule has 1 aliphatic rings. The van der Waals surface area contributed by atoms with Crippen LogP contribution in [0.2, 0.25) is 0 Å². The van der Waals surface area contributed by atoms with Crippen molar-refractivity contribution in [2.45, 2.75) is 50.8 Å². The second-order valence-electron chi connectivity index (χ2n) is 7.44. The molecule has 11 nitrogen and oxygen atoms in total. The Balaban J connectivity index is 1.99. The standard InChI is InChI=1S/C18H24N6O5/c1-8(2)3-10(20)17(28)23-15-12-9(4-19)5-24(16(12)22-7-21-15)18-14(27)13(26)11(6-25)29-18/h5,7-8,10-11,13-14,18,25-27H,3,6,20H2,1-2H3,(H,21,22,23,28)/t10?,11-,13?,14+,18-/m1/s1. The molecule has 0 radical (unpaired) electrons. The molecule has 1 aliphatic heterocycles. The number of amides is 1. The summed E-state index contributed by atoms with van der Waals surface area (Å²) in [5.41, 5.74) is 6.29. The van der Waals surface area contributed by atoms with Crippen molar-refractivity contribution in [1.82, 2.24) is 14.5 Å². The molecule has 2 aromatic heterocycles. The van der Waals surface area contributed by atoms with Crippen molar-refractivity contribution in [1.29, 1.82) is 5.26 Å². The molecule has 2 aromatic rings. The lowest BCUT2D eigenvalue weighted by Crippen LogP contribution is -2.37. The smallest absolute Gasteiger partial charge is 0.242 e. The van der Waals surface area contributed by atoms with Crippen LogP contribution < -0.4 is 11.1 Å². The number of hydrogen-bond acceptors (Lipinski definition) is 9. The average Bonchev–Trinajstić information content (AvgIpc) is 3.19. The number of aliphatic hydroxyl groups is 3. The second kappa shape index (κ2) is 8.40. The van der Waals surface area contributed by atoms with Crippen LogP contribution in [0, 0.1) is 17.2 Å². The van der Waals surface area contributed by atoms with Gasteiger partial charge in [0.1, 0.15) is 42.2 Å². The van der Waals surface area contributed by atoms with E-state index < -0.39 is 43.1 Å². The number of rotatable bonds is 6. The summed E-state index contributed by atoms with van der Waals surface area (Å²) in [6.07, 6.45) is -1.63. The van der Waals surface area contributed by atoms with Crippen LogP contribution in [-0.2, 0) is 9.53 Å². The topological polar surface area (TPSA) is 180 Å². The molecule has 1 amide bonds. The summed E-state index contributed by atoms with van der Waals surface area (Å²) in [5, 5.41) is 42.1. The first-order valence-electron chi connectivity index (χ1n) is 9.23. The zero-order valence-electron chi connectivity index (χ0n) is 16.1. The van der Waals surface area contributed by atoms with E-state index in [1.165, 1.54) is 17.1 Å². The van der Waals surface area contributed by atoms with Crippen LogP contribution in [0.1, 0.15) is 32.1 Å². The van der Waals surface area contributed by atoms with E-state index in [4.69, 9.17) is 10.5 Å². The zero-order chi connectivity index (χ0) is 21.3. The maximum Gasteiger partial charge on any atom is 0.242 e. The summed E-state index contributed by atoms with van der Waals surface area (Å²) in [6, 6.07) is 1.27. The van der Waals surface area contributed by atoms with E-state index >= 15 is 0 Å². The number of nitrogens with zero attached hydrogens (tertiary/aromatic N) is 4. The molecular weight excluding hydrogens is 380 g/mol. The molecule has 0 bridgehead atoms. The van der Waals surface area contributed by atoms with E-state index in [-0.39, 0.29) is 28.3 Å². The highest BCUT2D eigenvalue weighted by atomic mass is 16.6. The third kappa shape index (κ3) is 3.93. The van der Waals surface area contributed by atoms with Gasteiger partial charge in [-0.2, -0.15) is 5.26 Å². The highest BCUT2D eigenvalue weighted by Gasteiger charge is 2.44. The van der Waals surface area contributed by atoms with Crippen LogP contribution >= 0.6 is 0 Å². The normalized spacial score (nSPS) is 25.3. The van der Waals surface area contributed by atoms with Crippen LogP contribution in [0.3, 0.4) is 0 Å². The van der Waals surface area contributed by atoms with Gasteiger partial charge in [-0.05, 0) is 12.3 Å². The number of nitrogens with two attached hydrogens (primary N) is 1. The zero-order valence-corrected chi connectivity index (χ0v) is 16.1. The van der Waals surface area contributed by atoms with Gasteiger partial charge in [-0.25, -0.2) is 9.97 Å². The van der Waals surface area contributed by atoms with Crippen molar-refractivity contribution < 1.29 is 24.9 Å². The Kier molecular flexibility index (Phi) is 6.11. The van der Waals surface area contributed by atoms with Gasteiger partial charge >= 0.3 is 0 Å². The van der Waals surface area contributed by atoms with Crippen molar-refractivity contribution >= 4 is 22.8 Å². The first-order valence-corrected chi connectivity index (χ1v) is 9.23. The lowest BCUT2D eigenvalue weighted by molar-refractivity contribution is -0.117. The fourth-order valence-corrected chi connectivity index (χ4v) is 3.39. The molecule has 0 spiro atoms. The highest BCUT2D eigenvalue weighted by molar-refractivity contribution is 6.02. The third-order valence-corrected chi connectivity index (χ3v) is 4.82. The summed E-state index contributed by atoms with van der Waals surface area (Å²) in [6.45, 7) is 3.42. The molecule has 1 fully saturated rings. The monoisotopic (exact) mass is 404 g/mol. The number of carbonyl (C=O) groups is 1. The maximum absolute atomic E-state index is 12.4. The van der Waals surface area contributed by atoms with Crippen LogP contribution in [0.4, 0.5) is 5.82 Å². The van der Waals surface area contributed by atoms with Gasteiger partial charge in [-0.1, -0.05) is 13.8 Å². The number of aliphatic hydroxyl groups excluding tert-OH is 3. The number of nitrogens with one attached hydrogen (secondary N) is 1. The van der Waals surface area contributed by atoms with E-state index in [0.717, 1.165) is 0 Å². The molecule has 0 saturated carbocycles. The minimum absolute atomic E-state index is 0.112. The van der Waals surface area contributed by atoms with Crippen molar-refractivity contribution in [3.05, 3.63) is 18.1 Å². The number of aromatic nitrogens is 3. The van der Waals surface area contributed by atoms with Crippen molar-refractivity contribution in [3.8, 4) is 6.07 Å². The van der Waals surface area contributed by atoms with Gasteiger partial charge in [0.15, 0.2) is 6.23 Å². The molecule has 3 heterocycles. The molecule has 1 saturated heterocycles. The number of carbonyl (C=O) groups excluding carboxylic acids is 1. The fourth-order valence-electron chi connectivity index (χ4n) is 3.39. The van der Waals surface area contributed by atoms with E-state index in [9.17, 15) is 25.4 Å². The Labute approximate surface area is 166 Å². The summed E-state index contributed by atoms with van der Waals surface area (Å²) in [7, 11) is 0. The van der Waals surface area contributed by atoms with Gasteiger partial charge in [-0.15, -0.1) is 0 Å². The minimum Gasteiger partial charge on any atom is -0.394 e. The van der Waals surface area contributed by atoms with E-state index in [1.54, 1.807) is 0 Å². The Morgan fingerprint density at radius 3 is 2.72 bits per heavy atom. The van der Waals surface area contributed by atoms with E-state index in [2.05, 4.69) is 15.3 Å². The molecule has 29 heavy (non-hydrogen) atoms. The van der Waals surface area contributed by atoms with Crippen LogP contribution in [0.25, 0.3) is 11.0 Å². The SMILES string of the molecule is CC(C)CC(N)C(=O)Nc1ncnc2c1c(C#N)cn2[C@@H]1O[C@H](CO)C(O)[C@@H]1O. The Morgan fingerprint density at radius 1 is 1.41 bits per heavy atom. The molecule has 6 N–H and O–H groups in total. The summed E-state index contributed by atoms with van der Waals surface area (Å²) >= 11 is 0. The van der Waals surface area contributed by atoms with Gasteiger partial charge in [0.05, 0.1) is 23.6 Å². The van der Waals surface area contributed by atoms with Crippen molar-refractivity contribution in [3.63, 3.8) is 0 Å². The second-order valence-corrected chi connectivity index (χ2v) is 7.44. The van der Waals surface area contributed by atoms with Gasteiger partial charge in [0.2, 0.25) is 5.91 Å². The number of hydrogen-bond donors (Lipinski definition) is 5. The van der Waals surface area contributed by atoms with Gasteiger partial charge in [-0.3, -0.25) is 4.79 Å². The number of anilines is 1. The lowest BCUT2D eigenvalue weighted by atomic mass is 10.0. The van der Waals surface area contributed by atoms with Crippen LogP contribution in [0.5, 0.6) is 0 Å². The molecule has 0 aliphatic carbocycles. The molecule has 3 rings (SSSR count). The largest absolute Gasteiger partial charge is 0.394 e. The molecular formula is C18H24N6O5. The predicted octanol–water partition coefficient (Wildman–Crippen LogP) is -0.774. The highest BCUT2D eigenvalue weighted by Crippen LogP contribution is 2.34. The van der Waals surface area contributed by atoms with Crippen LogP contribution in [0.15, 0.2) is 12.5 Å². The molecule has 2 unspecified atom stereocenters. The molecule has 0 aromatic carbocycles.